The zero-order valence-electron chi connectivity index (χ0n) is 8.58. The van der Waals surface area contributed by atoms with Crippen molar-refractivity contribution in [1.82, 2.24) is 0 Å². The van der Waals surface area contributed by atoms with Crippen molar-refractivity contribution in [2.45, 2.75) is 0 Å². The highest BCUT2D eigenvalue weighted by atomic mass is 19.1. The van der Waals surface area contributed by atoms with Crippen molar-refractivity contribution < 1.29 is 19.0 Å². The number of halogens is 1. The Hall–Kier alpha value is -2.06. The summed E-state index contributed by atoms with van der Waals surface area (Å²) in [5.74, 6) is 4.23. The third-order valence-corrected chi connectivity index (χ3v) is 1.70. The molecule has 1 aromatic carbocycles. The highest BCUT2D eigenvalue weighted by molar-refractivity contribution is 5.84. The number of amides is 1. The van der Waals surface area contributed by atoms with Gasteiger partial charge in [-0.3, -0.25) is 5.32 Å². The van der Waals surface area contributed by atoms with Gasteiger partial charge in [0.2, 0.25) is 0 Å². The molecule has 0 aliphatic heterocycles. The smallest absolute Gasteiger partial charge is 0.411 e. The first-order valence-electron chi connectivity index (χ1n) is 4.41. The van der Waals surface area contributed by atoms with Gasteiger partial charge >= 0.3 is 6.09 Å². The van der Waals surface area contributed by atoms with Gasteiger partial charge in [0, 0.05) is 5.69 Å². The zero-order valence-corrected chi connectivity index (χ0v) is 8.58. The van der Waals surface area contributed by atoms with E-state index in [1.165, 1.54) is 25.3 Å². The summed E-state index contributed by atoms with van der Waals surface area (Å²) in [6, 6.07) is 3.91. The van der Waals surface area contributed by atoms with Crippen LogP contribution in [-0.4, -0.2) is 24.9 Å². The van der Waals surface area contributed by atoms with E-state index < -0.39 is 11.9 Å². The highest BCUT2D eigenvalue weighted by Gasteiger charge is 2.04. The predicted molar refractivity (Wildman–Crippen MR) is 56.4 cm³/mol. The van der Waals surface area contributed by atoms with Gasteiger partial charge < -0.3 is 9.84 Å². The summed E-state index contributed by atoms with van der Waals surface area (Å²) in [4.78, 5) is 10.9. The molecule has 0 aliphatic rings. The number of nitrogens with one attached hydrogen (secondary N) is 1. The molecule has 0 saturated heterocycles. The summed E-state index contributed by atoms with van der Waals surface area (Å²) in [5, 5.41) is 10.9. The lowest BCUT2D eigenvalue weighted by atomic mass is 10.2. The first-order chi connectivity index (χ1) is 7.67. The quantitative estimate of drug-likeness (QED) is 0.706. The van der Waals surface area contributed by atoms with Crippen LogP contribution in [0.4, 0.5) is 14.9 Å². The molecule has 4 nitrogen and oxygen atoms in total. The number of carbonyl (C=O) groups is 1. The van der Waals surface area contributed by atoms with Crippen LogP contribution in [-0.2, 0) is 4.74 Å². The van der Waals surface area contributed by atoms with Crippen LogP contribution in [0.1, 0.15) is 5.56 Å². The van der Waals surface area contributed by atoms with Crippen molar-refractivity contribution in [3.8, 4) is 11.8 Å². The SMILES string of the molecule is COC(=O)Nc1ccc(F)c(C#CCO)c1. The average Bonchev–Trinajstić information content (AvgIpc) is 2.29. The van der Waals surface area contributed by atoms with Crippen LogP contribution in [0.5, 0.6) is 0 Å². The fourth-order valence-electron chi connectivity index (χ4n) is 1.00. The number of methoxy groups -OCH3 is 1. The summed E-state index contributed by atoms with van der Waals surface area (Å²) < 4.78 is 17.6. The highest BCUT2D eigenvalue weighted by Crippen LogP contribution is 2.13. The molecule has 0 spiro atoms. The Morgan fingerprint density at radius 3 is 3.00 bits per heavy atom. The molecule has 0 aliphatic carbocycles. The van der Waals surface area contributed by atoms with Gasteiger partial charge in [0.1, 0.15) is 12.4 Å². The van der Waals surface area contributed by atoms with Crippen LogP contribution in [0.25, 0.3) is 0 Å². The van der Waals surface area contributed by atoms with Crippen molar-refractivity contribution in [3.63, 3.8) is 0 Å². The summed E-state index contributed by atoms with van der Waals surface area (Å²) in [6.07, 6.45) is -0.646. The van der Waals surface area contributed by atoms with E-state index in [2.05, 4.69) is 21.9 Å². The molecule has 0 bridgehead atoms. The van der Waals surface area contributed by atoms with Gasteiger partial charge in [-0.15, -0.1) is 0 Å². The summed E-state index contributed by atoms with van der Waals surface area (Å²) in [7, 11) is 1.23. The number of benzene rings is 1. The molecule has 0 saturated carbocycles. The van der Waals surface area contributed by atoms with Crippen molar-refractivity contribution in [2.75, 3.05) is 19.0 Å². The summed E-state index contributed by atoms with van der Waals surface area (Å²) >= 11 is 0. The van der Waals surface area contributed by atoms with Crippen molar-refractivity contribution in [1.29, 1.82) is 0 Å². The molecule has 0 heterocycles. The Morgan fingerprint density at radius 2 is 2.38 bits per heavy atom. The first kappa shape index (κ1) is 12.0. The number of aliphatic hydroxyl groups excluding tert-OH is 1. The molecular formula is C11H10FNO3. The second kappa shape index (κ2) is 5.73. The van der Waals surface area contributed by atoms with Gasteiger partial charge in [0.15, 0.2) is 0 Å². The Labute approximate surface area is 92.0 Å². The number of ether oxygens (including phenoxy) is 1. The van der Waals surface area contributed by atoms with Gasteiger partial charge in [-0.25, -0.2) is 9.18 Å². The Kier molecular flexibility index (Phi) is 4.30. The maximum Gasteiger partial charge on any atom is 0.411 e. The van der Waals surface area contributed by atoms with E-state index in [9.17, 15) is 9.18 Å². The maximum atomic E-state index is 13.2. The number of anilines is 1. The van der Waals surface area contributed by atoms with Crippen molar-refractivity contribution in [3.05, 3.63) is 29.6 Å². The van der Waals surface area contributed by atoms with Crippen LogP contribution in [0.2, 0.25) is 0 Å². The van der Waals surface area contributed by atoms with Gasteiger partial charge in [0.25, 0.3) is 0 Å². The molecule has 5 heteroatoms. The Balaban J connectivity index is 2.93. The Bertz CT molecular complexity index is 448. The number of hydrogen-bond donors (Lipinski definition) is 2. The van der Waals surface area contributed by atoms with E-state index in [1.807, 2.05) is 0 Å². The fraction of sp³-hybridized carbons (Fsp3) is 0.182. The van der Waals surface area contributed by atoms with Crippen molar-refractivity contribution in [2.24, 2.45) is 0 Å². The van der Waals surface area contributed by atoms with Crippen LogP contribution in [0.15, 0.2) is 18.2 Å². The zero-order chi connectivity index (χ0) is 12.0. The monoisotopic (exact) mass is 223 g/mol. The van der Waals surface area contributed by atoms with E-state index >= 15 is 0 Å². The van der Waals surface area contributed by atoms with Crippen LogP contribution >= 0.6 is 0 Å². The van der Waals surface area contributed by atoms with Crippen LogP contribution in [0.3, 0.4) is 0 Å². The number of aliphatic hydroxyl groups is 1. The normalized spacial score (nSPS) is 8.94. The molecule has 0 aromatic heterocycles. The molecule has 1 aromatic rings. The van der Waals surface area contributed by atoms with Gasteiger partial charge in [-0.1, -0.05) is 11.8 Å². The third-order valence-electron chi connectivity index (χ3n) is 1.70. The molecule has 0 radical (unpaired) electrons. The topological polar surface area (TPSA) is 58.6 Å². The molecule has 84 valence electrons. The molecule has 1 rings (SSSR count). The molecular weight excluding hydrogens is 213 g/mol. The van der Waals surface area contributed by atoms with Crippen molar-refractivity contribution >= 4 is 11.8 Å². The molecule has 1 amide bonds. The second-order valence-electron chi connectivity index (χ2n) is 2.77. The second-order valence-corrected chi connectivity index (χ2v) is 2.77. The maximum absolute atomic E-state index is 13.2. The molecule has 2 N–H and O–H groups in total. The third kappa shape index (κ3) is 3.26. The average molecular weight is 223 g/mol. The Morgan fingerprint density at radius 1 is 1.62 bits per heavy atom. The number of hydrogen-bond acceptors (Lipinski definition) is 3. The standard InChI is InChI=1S/C11H10FNO3/c1-16-11(15)13-9-4-5-10(12)8(7-9)3-2-6-14/h4-5,7,14H,6H2,1H3,(H,13,15). The molecule has 16 heavy (non-hydrogen) atoms. The van der Waals surface area contributed by atoms with E-state index in [-0.39, 0.29) is 12.2 Å². The fourth-order valence-corrected chi connectivity index (χ4v) is 1.00. The lowest BCUT2D eigenvalue weighted by Crippen LogP contribution is -2.11. The minimum absolute atomic E-state index is 0.1000. The van der Waals surface area contributed by atoms with Crippen LogP contribution in [0, 0.1) is 17.7 Å². The number of carbonyl (C=O) groups excluding carboxylic acids is 1. The van der Waals surface area contributed by atoms with E-state index in [1.54, 1.807) is 0 Å². The van der Waals surface area contributed by atoms with E-state index in [0.717, 1.165) is 0 Å². The van der Waals surface area contributed by atoms with Crippen LogP contribution < -0.4 is 5.32 Å². The van der Waals surface area contributed by atoms with E-state index in [4.69, 9.17) is 5.11 Å². The van der Waals surface area contributed by atoms with Gasteiger partial charge in [0.05, 0.1) is 12.7 Å². The lowest BCUT2D eigenvalue weighted by molar-refractivity contribution is 0.187. The summed E-state index contributed by atoms with van der Waals surface area (Å²) in [5.41, 5.74) is 0.471. The molecule has 0 atom stereocenters. The minimum atomic E-state index is -0.646. The lowest BCUT2D eigenvalue weighted by Gasteiger charge is -2.04. The van der Waals surface area contributed by atoms with Gasteiger partial charge in [-0.2, -0.15) is 0 Å². The van der Waals surface area contributed by atoms with Gasteiger partial charge in [-0.05, 0) is 18.2 Å². The summed E-state index contributed by atoms with van der Waals surface area (Å²) in [6.45, 7) is -0.353. The largest absolute Gasteiger partial charge is 0.453 e. The molecule has 0 fully saturated rings. The predicted octanol–water partition coefficient (Wildman–Crippen LogP) is 1.35. The van der Waals surface area contributed by atoms with E-state index in [0.29, 0.717) is 5.69 Å². The molecule has 0 unspecified atom stereocenters. The number of rotatable bonds is 1. The first-order valence-corrected chi connectivity index (χ1v) is 4.41. The minimum Gasteiger partial charge on any atom is -0.453 e.